The molecular weight excluding hydrogens is 376 g/mol. The number of carboxylic acid groups (broad SMARTS) is 2. The summed E-state index contributed by atoms with van der Waals surface area (Å²) < 4.78 is 0. The van der Waals surface area contributed by atoms with E-state index in [1.54, 1.807) is 0 Å². The van der Waals surface area contributed by atoms with Crippen molar-refractivity contribution < 1.29 is 19.8 Å². The Bertz CT molecular complexity index is 927. The Balaban J connectivity index is 2.18. The quantitative estimate of drug-likeness (QED) is 0.642. The minimum absolute atomic E-state index is 0.279. The van der Waals surface area contributed by atoms with E-state index in [-0.39, 0.29) is 6.42 Å². The van der Waals surface area contributed by atoms with Crippen LogP contribution < -0.4 is 0 Å². The van der Waals surface area contributed by atoms with E-state index in [9.17, 15) is 19.8 Å². The molecule has 4 nitrogen and oxygen atoms in total. The molecule has 0 radical (unpaired) electrons. The number of hydrogen-bond acceptors (Lipinski definition) is 2. The Morgan fingerprint density at radius 3 is 2.03 bits per heavy atom. The summed E-state index contributed by atoms with van der Waals surface area (Å²) >= 11 is 0. The van der Waals surface area contributed by atoms with Crippen molar-refractivity contribution >= 4 is 11.9 Å². The molecule has 0 spiro atoms. The largest absolute Gasteiger partial charge is 0.481 e. The van der Waals surface area contributed by atoms with E-state index in [0.717, 1.165) is 24.0 Å². The molecular formula is C26H32O4. The maximum absolute atomic E-state index is 12.8. The molecule has 2 atom stereocenters. The third-order valence-corrected chi connectivity index (χ3v) is 6.16. The third-order valence-electron chi connectivity index (χ3n) is 6.16. The Kier molecular flexibility index (Phi) is 6.35. The number of aliphatic carboxylic acids is 2. The van der Waals surface area contributed by atoms with Gasteiger partial charge in [-0.3, -0.25) is 9.59 Å². The van der Waals surface area contributed by atoms with Crippen LogP contribution in [0.4, 0.5) is 0 Å². The highest BCUT2D eigenvalue weighted by atomic mass is 16.4. The Morgan fingerprint density at radius 1 is 0.933 bits per heavy atom. The van der Waals surface area contributed by atoms with Crippen molar-refractivity contribution in [1.29, 1.82) is 0 Å². The molecule has 2 aromatic carbocycles. The zero-order chi connectivity index (χ0) is 22.1. The number of benzene rings is 2. The fourth-order valence-electron chi connectivity index (χ4n) is 4.82. The molecule has 2 N–H and O–H groups in total. The van der Waals surface area contributed by atoms with Crippen molar-refractivity contribution in [3.63, 3.8) is 0 Å². The van der Waals surface area contributed by atoms with Gasteiger partial charge in [0.25, 0.3) is 0 Å². The van der Waals surface area contributed by atoms with Crippen molar-refractivity contribution in [3.8, 4) is 0 Å². The average molecular weight is 409 g/mol. The maximum atomic E-state index is 12.8. The van der Waals surface area contributed by atoms with Crippen molar-refractivity contribution in [3.05, 3.63) is 70.3 Å². The summed E-state index contributed by atoms with van der Waals surface area (Å²) in [4.78, 5) is 24.7. The molecule has 0 aliphatic heterocycles. The van der Waals surface area contributed by atoms with Gasteiger partial charge in [-0.1, -0.05) is 70.2 Å². The lowest BCUT2D eigenvalue weighted by Gasteiger charge is -2.39. The van der Waals surface area contributed by atoms with Gasteiger partial charge in [0.15, 0.2) is 0 Å². The first-order valence-electron chi connectivity index (χ1n) is 10.8. The summed E-state index contributed by atoms with van der Waals surface area (Å²) in [5.41, 5.74) is 3.02. The first kappa shape index (κ1) is 22.1. The van der Waals surface area contributed by atoms with Gasteiger partial charge >= 0.3 is 11.9 Å². The Labute approximate surface area is 179 Å². The lowest BCUT2D eigenvalue weighted by molar-refractivity contribution is -0.145. The fraction of sp³-hybridized carbons (Fsp3) is 0.462. The van der Waals surface area contributed by atoms with Crippen molar-refractivity contribution in [2.75, 3.05) is 0 Å². The van der Waals surface area contributed by atoms with Crippen molar-refractivity contribution in [2.24, 2.45) is 11.8 Å². The van der Waals surface area contributed by atoms with Gasteiger partial charge in [0.1, 0.15) is 5.41 Å². The molecule has 1 unspecified atom stereocenters. The van der Waals surface area contributed by atoms with Crippen molar-refractivity contribution in [1.82, 2.24) is 0 Å². The van der Waals surface area contributed by atoms with Gasteiger partial charge in [-0.25, -0.2) is 0 Å². The van der Waals surface area contributed by atoms with E-state index in [2.05, 4.69) is 27.7 Å². The minimum Gasteiger partial charge on any atom is -0.481 e. The monoisotopic (exact) mass is 408 g/mol. The van der Waals surface area contributed by atoms with E-state index in [4.69, 9.17) is 0 Å². The van der Waals surface area contributed by atoms with Crippen LogP contribution in [0.2, 0.25) is 0 Å². The minimum atomic E-state index is -1.22. The molecule has 0 saturated heterocycles. The van der Waals surface area contributed by atoms with E-state index < -0.39 is 23.3 Å². The summed E-state index contributed by atoms with van der Waals surface area (Å²) in [6, 6.07) is 13.6. The van der Waals surface area contributed by atoms with Crippen LogP contribution in [0.5, 0.6) is 0 Å². The number of carbonyl (C=O) groups is 2. The first-order valence-corrected chi connectivity index (χ1v) is 10.8. The van der Waals surface area contributed by atoms with Crippen molar-refractivity contribution in [2.45, 2.75) is 64.7 Å². The van der Waals surface area contributed by atoms with Crippen LogP contribution in [-0.2, 0) is 27.8 Å². The summed E-state index contributed by atoms with van der Waals surface area (Å²) in [6.45, 7) is 8.56. The summed E-state index contributed by atoms with van der Waals surface area (Å²) in [7, 11) is 0. The zero-order valence-electron chi connectivity index (χ0n) is 18.3. The third kappa shape index (κ3) is 4.14. The lowest BCUT2D eigenvalue weighted by atomic mass is 9.62. The molecule has 0 fully saturated rings. The predicted octanol–water partition coefficient (Wildman–Crippen LogP) is 5.42. The highest BCUT2D eigenvalue weighted by Crippen LogP contribution is 2.48. The molecule has 0 bridgehead atoms. The number of fused-ring (bicyclic) bond motifs is 1. The van der Waals surface area contributed by atoms with Crippen LogP contribution in [0, 0.1) is 11.8 Å². The molecule has 30 heavy (non-hydrogen) atoms. The van der Waals surface area contributed by atoms with Crippen LogP contribution in [0.25, 0.3) is 0 Å². The summed E-state index contributed by atoms with van der Waals surface area (Å²) in [6.07, 6.45) is 2.36. The smallest absolute Gasteiger partial charge is 0.318 e. The van der Waals surface area contributed by atoms with Gasteiger partial charge < -0.3 is 10.2 Å². The molecule has 0 amide bonds. The molecule has 160 valence electrons. The van der Waals surface area contributed by atoms with Crippen LogP contribution in [0.15, 0.2) is 42.5 Å². The Morgan fingerprint density at radius 2 is 1.50 bits per heavy atom. The summed E-state index contributed by atoms with van der Waals surface area (Å²) in [5, 5.41) is 20.2. The van der Waals surface area contributed by atoms with E-state index in [1.807, 2.05) is 42.5 Å². The zero-order valence-corrected chi connectivity index (χ0v) is 18.3. The second-order valence-corrected chi connectivity index (χ2v) is 9.45. The van der Waals surface area contributed by atoms with Gasteiger partial charge in [0.05, 0.1) is 5.92 Å². The molecule has 1 aliphatic carbocycles. The molecule has 0 aromatic heterocycles. The summed E-state index contributed by atoms with van der Waals surface area (Å²) in [5.74, 6) is -1.52. The number of carboxylic acids is 2. The molecule has 2 aromatic rings. The maximum Gasteiger partial charge on any atom is 0.318 e. The standard InChI is InChI=1S/C26H32O4/c1-16(2)13-18-5-8-20(9-6-18)26(25(29)30)12-11-22(24(27)28)21-10-7-19(14-17(3)4)15-23(21)26/h5-10,15-17,22H,11-14H2,1-4H3,(H,27,28)(H,29,30)/t22?,26-/m1/s1. The van der Waals surface area contributed by atoms with E-state index in [0.29, 0.717) is 29.4 Å². The van der Waals surface area contributed by atoms with Crippen LogP contribution in [-0.4, -0.2) is 22.2 Å². The molecule has 0 saturated carbocycles. The highest BCUT2D eigenvalue weighted by molar-refractivity contribution is 5.89. The van der Waals surface area contributed by atoms with Gasteiger partial charge in [0, 0.05) is 0 Å². The predicted molar refractivity (Wildman–Crippen MR) is 118 cm³/mol. The van der Waals surface area contributed by atoms with Gasteiger partial charge in [-0.05, 0) is 65.3 Å². The number of rotatable bonds is 7. The van der Waals surface area contributed by atoms with E-state index in [1.165, 1.54) is 5.56 Å². The topological polar surface area (TPSA) is 74.6 Å². The van der Waals surface area contributed by atoms with E-state index >= 15 is 0 Å². The second kappa shape index (κ2) is 8.63. The van der Waals surface area contributed by atoms with Crippen LogP contribution in [0.1, 0.15) is 74.3 Å². The Hall–Kier alpha value is -2.62. The second-order valence-electron chi connectivity index (χ2n) is 9.45. The van der Waals surface area contributed by atoms with Crippen LogP contribution in [0.3, 0.4) is 0 Å². The first-order chi connectivity index (χ1) is 14.1. The lowest BCUT2D eigenvalue weighted by Crippen LogP contribution is -2.42. The molecule has 4 heteroatoms. The van der Waals surface area contributed by atoms with Gasteiger partial charge in [-0.2, -0.15) is 0 Å². The molecule has 1 aliphatic rings. The van der Waals surface area contributed by atoms with Gasteiger partial charge in [0.2, 0.25) is 0 Å². The van der Waals surface area contributed by atoms with Gasteiger partial charge in [-0.15, -0.1) is 0 Å². The molecule has 0 heterocycles. The number of hydrogen-bond donors (Lipinski definition) is 2. The average Bonchev–Trinajstić information content (AvgIpc) is 2.66. The molecule has 3 rings (SSSR count). The normalized spacial score (nSPS) is 20.9. The fourth-order valence-corrected chi connectivity index (χ4v) is 4.82. The van der Waals surface area contributed by atoms with Crippen LogP contribution >= 0.6 is 0 Å². The highest BCUT2D eigenvalue weighted by Gasteiger charge is 2.48. The SMILES string of the molecule is CC(C)Cc1ccc([C@]2(C(=O)O)CCC(C(=O)O)c3ccc(CC(C)C)cc32)cc1.